The van der Waals surface area contributed by atoms with Crippen molar-refractivity contribution in [2.45, 2.75) is 64.5 Å². The smallest absolute Gasteiger partial charge is 0.411 e. The number of rotatable bonds is 2. The zero-order valence-corrected chi connectivity index (χ0v) is 17.8. The van der Waals surface area contributed by atoms with Gasteiger partial charge in [-0.3, -0.25) is 4.90 Å². The van der Waals surface area contributed by atoms with Crippen LogP contribution in [0.5, 0.6) is 0 Å². The van der Waals surface area contributed by atoms with Gasteiger partial charge in [0.1, 0.15) is 5.60 Å². The van der Waals surface area contributed by atoms with Gasteiger partial charge in [0.2, 0.25) is 0 Å². The SMILES string of the molecule is CC(C)(C)OC(=O)N1C2C=C(c3ccc([Si](C)(C)C)cc3)CC1COC2. The van der Waals surface area contributed by atoms with Crippen LogP contribution in [0.15, 0.2) is 30.3 Å². The van der Waals surface area contributed by atoms with Crippen LogP contribution in [0.4, 0.5) is 4.79 Å². The van der Waals surface area contributed by atoms with E-state index < -0.39 is 13.7 Å². The summed E-state index contributed by atoms with van der Waals surface area (Å²) in [5.41, 5.74) is 2.08. The molecular formula is C21H31NO3Si. The van der Waals surface area contributed by atoms with E-state index in [1.807, 2.05) is 25.7 Å². The largest absolute Gasteiger partial charge is 0.444 e. The fraction of sp³-hybridized carbons (Fsp3) is 0.571. The Kier molecular flexibility index (Phi) is 5.06. The van der Waals surface area contributed by atoms with E-state index in [0.29, 0.717) is 13.2 Å². The molecule has 2 bridgehead atoms. The summed E-state index contributed by atoms with van der Waals surface area (Å²) in [6, 6.07) is 9.01. The third kappa shape index (κ3) is 4.21. The van der Waals surface area contributed by atoms with E-state index >= 15 is 0 Å². The molecule has 0 N–H and O–H groups in total. The molecule has 1 aromatic rings. The number of hydrogen-bond acceptors (Lipinski definition) is 3. The number of amides is 1. The first kappa shape index (κ1) is 19.2. The van der Waals surface area contributed by atoms with Crippen molar-refractivity contribution in [3.63, 3.8) is 0 Å². The topological polar surface area (TPSA) is 38.8 Å². The Morgan fingerprint density at radius 2 is 1.81 bits per heavy atom. The van der Waals surface area contributed by atoms with Crippen LogP contribution in [-0.2, 0) is 9.47 Å². The Bertz CT molecular complexity index is 697. The van der Waals surface area contributed by atoms with Crippen molar-refractivity contribution in [3.8, 4) is 0 Å². The number of fused-ring (bicyclic) bond motifs is 2. The number of benzene rings is 1. The summed E-state index contributed by atoms with van der Waals surface area (Å²) in [5.74, 6) is 0. The van der Waals surface area contributed by atoms with E-state index in [-0.39, 0.29) is 18.2 Å². The van der Waals surface area contributed by atoms with E-state index in [1.165, 1.54) is 16.3 Å². The number of hydrogen-bond donors (Lipinski definition) is 0. The van der Waals surface area contributed by atoms with Crippen LogP contribution < -0.4 is 5.19 Å². The lowest BCUT2D eigenvalue weighted by Crippen LogP contribution is -2.57. The lowest BCUT2D eigenvalue weighted by Gasteiger charge is -2.44. The summed E-state index contributed by atoms with van der Waals surface area (Å²) in [5, 5.41) is 1.47. The van der Waals surface area contributed by atoms with E-state index in [9.17, 15) is 4.79 Å². The minimum atomic E-state index is -1.29. The van der Waals surface area contributed by atoms with Crippen molar-refractivity contribution < 1.29 is 14.3 Å². The molecule has 4 nitrogen and oxygen atoms in total. The highest BCUT2D eigenvalue weighted by Crippen LogP contribution is 2.33. The highest BCUT2D eigenvalue weighted by molar-refractivity contribution is 6.88. The molecule has 1 saturated heterocycles. The minimum Gasteiger partial charge on any atom is -0.444 e. The molecular weight excluding hydrogens is 342 g/mol. The molecule has 5 heteroatoms. The summed E-state index contributed by atoms with van der Waals surface area (Å²) < 4.78 is 11.3. The molecule has 0 aliphatic carbocycles. The van der Waals surface area contributed by atoms with Gasteiger partial charge in [-0.1, -0.05) is 55.2 Å². The highest BCUT2D eigenvalue weighted by Gasteiger charge is 2.40. The molecule has 0 saturated carbocycles. The molecule has 2 unspecified atom stereocenters. The predicted octanol–water partition coefficient (Wildman–Crippen LogP) is 4.02. The molecule has 1 fully saturated rings. The van der Waals surface area contributed by atoms with Crippen LogP contribution in [0.2, 0.25) is 19.6 Å². The van der Waals surface area contributed by atoms with Crippen LogP contribution in [0.1, 0.15) is 32.8 Å². The van der Waals surface area contributed by atoms with Gasteiger partial charge in [-0.15, -0.1) is 0 Å². The number of ether oxygens (including phenoxy) is 2. The first-order valence-corrected chi connectivity index (χ1v) is 13.0. The molecule has 2 aliphatic heterocycles. The van der Waals surface area contributed by atoms with Gasteiger partial charge >= 0.3 is 6.09 Å². The van der Waals surface area contributed by atoms with Gasteiger partial charge in [-0.2, -0.15) is 0 Å². The normalized spacial score (nSPS) is 23.5. The van der Waals surface area contributed by atoms with Gasteiger partial charge in [-0.05, 0) is 38.3 Å². The van der Waals surface area contributed by atoms with Crippen molar-refractivity contribution in [3.05, 3.63) is 35.9 Å². The molecule has 1 amide bonds. The molecule has 26 heavy (non-hydrogen) atoms. The first-order valence-electron chi connectivity index (χ1n) is 9.45. The Morgan fingerprint density at radius 3 is 2.35 bits per heavy atom. The third-order valence-corrected chi connectivity index (χ3v) is 6.99. The fourth-order valence-electron chi connectivity index (χ4n) is 3.59. The van der Waals surface area contributed by atoms with Crippen LogP contribution in [0.25, 0.3) is 5.57 Å². The van der Waals surface area contributed by atoms with Gasteiger partial charge in [0.25, 0.3) is 0 Å². The van der Waals surface area contributed by atoms with E-state index in [1.54, 1.807) is 0 Å². The van der Waals surface area contributed by atoms with Gasteiger partial charge in [0, 0.05) is 0 Å². The number of morpholine rings is 1. The van der Waals surface area contributed by atoms with Crippen LogP contribution in [-0.4, -0.2) is 50.0 Å². The lowest BCUT2D eigenvalue weighted by atomic mass is 9.90. The van der Waals surface area contributed by atoms with Crippen molar-refractivity contribution >= 4 is 24.9 Å². The van der Waals surface area contributed by atoms with Crippen molar-refractivity contribution in [2.24, 2.45) is 0 Å². The Labute approximate surface area is 158 Å². The van der Waals surface area contributed by atoms with Crippen LogP contribution in [0, 0.1) is 0 Å². The van der Waals surface area contributed by atoms with Gasteiger partial charge in [-0.25, -0.2) is 4.79 Å². The summed E-state index contributed by atoms with van der Waals surface area (Å²) >= 11 is 0. The predicted molar refractivity (Wildman–Crippen MR) is 108 cm³/mol. The van der Waals surface area contributed by atoms with Crippen molar-refractivity contribution in [2.75, 3.05) is 13.2 Å². The highest BCUT2D eigenvalue weighted by atomic mass is 28.3. The maximum absolute atomic E-state index is 12.6. The second-order valence-electron chi connectivity index (χ2n) is 9.37. The van der Waals surface area contributed by atoms with E-state index in [2.05, 4.69) is 50.0 Å². The Balaban J connectivity index is 1.83. The second kappa shape index (κ2) is 6.85. The Morgan fingerprint density at radius 1 is 1.15 bits per heavy atom. The molecule has 0 spiro atoms. The molecule has 2 aliphatic rings. The second-order valence-corrected chi connectivity index (χ2v) is 14.4. The van der Waals surface area contributed by atoms with Crippen molar-refractivity contribution in [1.29, 1.82) is 0 Å². The first-order chi connectivity index (χ1) is 12.0. The summed E-state index contributed by atoms with van der Waals surface area (Å²) in [6.07, 6.45) is 2.76. The number of carbonyl (C=O) groups is 1. The molecule has 1 aromatic carbocycles. The van der Waals surface area contributed by atoms with Crippen LogP contribution >= 0.6 is 0 Å². The molecule has 142 valence electrons. The van der Waals surface area contributed by atoms with E-state index in [0.717, 1.165) is 6.42 Å². The monoisotopic (exact) mass is 373 g/mol. The maximum Gasteiger partial charge on any atom is 0.411 e. The minimum absolute atomic E-state index is 0.0419. The molecule has 0 radical (unpaired) electrons. The van der Waals surface area contributed by atoms with E-state index in [4.69, 9.17) is 9.47 Å². The quantitative estimate of drug-likeness (QED) is 0.735. The lowest BCUT2D eigenvalue weighted by molar-refractivity contribution is -0.0510. The van der Waals surface area contributed by atoms with Crippen LogP contribution in [0.3, 0.4) is 0 Å². The maximum atomic E-state index is 12.6. The average Bonchev–Trinajstić information content (AvgIpc) is 2.51. The fourth-order valence-corrected chi connectivity index (χ4v) is 4.76. The van der Waals surface area contributed by atoms with Gasteiger partial charge in [0.15, 0.2) is 0 Å². The van der Waals surface area contributed by atoms with Gasteiger partial charge in [0.05, 0.1) is 33.4 Å². The molecule has 0 aromatic heterocycles. The molecule has 3 rings (SSSR count). The Hall–Kier alpha value is -1.59. The average molecular weight is 374 g/mol. The zero-order valence-electron chi connectivity index (χ0n) is 16.8. The molecule has 2 heterocycles. The number of carbonyl (C=O) groups excluding carboxylic acids is 1. The third-order valence-electron chi connectivity index (χ3n) is 4.92. The summed E-state index contributed by atoms with van der Waals surface area (Å²) in [6.45, 7) is 13.9. The van der Waals surface area contributed by atoms with Gasteiger partial charge < -0.3 is 9.47 Å². The zero-order chi connectivity index (χ0) is 19.1. The van der Waals surface area contributed by atoms with Crippen molar-refractivity contribution in [1.82, 2.24) is 4.90 Å². The standard InChI is InChI=1S/C21H31NO3Si/c1-21(2,3)25-20(23)22-17-11-16(12-18(22)14-24-13-17)15-7-9-19(10-8-15)26(4,5)6/h7-11,17-18H,12-14H2,1-6H3. The summed E-state index contributed by atoms with van der Waals surface area (Å²) in [4.78, 5) is 14.5. The molecule has 2 atom stereocenters. The summed E-state index contributed by atoms with van der Waals surface area (Å²) in [7, 11) is -1.29. The number of nitrogens with zero attached hydrogens (tertiary/aromatic N) is 1.